The maximum Gasteiger partial charge on any atom is 0.326 e. The number of carbonyl (C=O) groups is 5. The average molecular weight is 347 g/mol. The molecule has 0 saturated heterocycles. The molecule has 0 aliphatic heterocycles. The van der Waals surface area contributed by atoms with Crippen molar-refractivity contribution >= 4 is 29.7 Å². The summed E-state index contributed by atoms with van der Waals surface area (Å²) in [6, 6.07) is -3.71. The summed E-state index contributed by atoms with van der Waals surface area (Å²) in [5.74, 6) is -5.26. The monoisotopic (exact) mass is 347 g/mol. The lowest BCUT2D eigenvalue weighted by Crippen LogP contribution is -2.43. The Labute approximate surface area is 137 Å². The van der Waals surface area contributed by atoms with Gasteiger partial charge in [0.15, 0.2) is 0 Å². The molecule has 136 valence electrons. The van der Waals surface area contributed by atoms with Crippen LogP contribution in [-0.4, -0.2) is 63.2 Å². The fourth-order valence-electron chi connectivity index (χ4n) is 1.58. The summed E-state index contributed by atoms with van der Waals surface area (Å²) in [7, 11) is 0. The molecule has 0 bridgehead atoms. The van der Waals surface area contributed by atoms with E-state index in [1.807, 2.05) is 0 Å². The topological polar surface area (TPSA) is 196 Å². The number of aliphatic carboxylic acids is 3. The Kier molecular flexibility index (Phi) is 9.02. The van der Waals surface area contributed by atoms with Crippen molar-refractivity contribution in [2.75, 3.05) is 0 Å². The van der Waals surface area contributed by atoms with Gasteiger partial charge in [-0.1, -0.05) is 0 Å². The van der Waals surface area contributed by atoms with Crippen LogP contribution in [0.5, 0.6) is 0 Å². The van der Waals surface area contributed by atoms with Crippen LogP contribution in [0, 0.1) is 0 Å². The first kappa shape index (κ1) is 21.3. The van der Waals surface area contributed by atoms with Crippen molar-refractivity contribution in [3.8, 4) is 0 Å². The Morgan fingerprint density at radius 3 is 1.79 bits per heavy atom. The van der Waals surface area contributed by atoms with Gasteiger partial charge in [0.25, 0.3) is 0 Å². The molecule has 0 fully saturated rings. The van der Waals surface area contributed by atoms with E-state index in [1.54, 1.807) is 0 Å². The second-order valence-corrected chi connectivity index (χ2v) is 5.11. The number of nitrogens with one attached hydrogen (secondary N) is 2. The van der Waals surface area contributed by atoms with Gasteiger partial charge >= 0.3 is 17.9 Å². The molecule has 0 aromatic carbocycles. The summed E-state index contributed by atoms with van der Waals surface area (Å²) in [6.07, 6.45) is -0.989. The molecule has 0 unspecified atom stereocenters. The Morgan fingerprint density at radius 2 is 1.33 bits per heavy atom. The van der Waals surface area contributed by atoms with Gasteiger partial charge < -0.3 is 31.7 Å². The zero-order chi connectivity index (χ0) is 18.9. The molecule has 0 saturated carbocycles. The van der Waals surface area contributed by atoms with E-state index in [0.717, 1.165) is 0 Å². The molecule has 7 N–H and O–H groups in total. The standard InChI is InChI=1S/C13H21N3O8/c1-6(11(19)20)15-9(17)5-3-8(13(23)24)16-10(18)4-2-7(14)12(21)22/h6-8H,2-5,14H2,1H3,(H,15,17)(H,16,18)(H,19,20)(H,21,22)(H,23,24)/t6-,7-,8-/m0/s1. The highest BCUT2D eigenvalue weighted by atomic mass is 16.4. The van der Waals surface area contributed by atoms with Gasteiger partial charge in [-0.05, 0) is 19.8 Å². The third kappa shape index (κ3) is 8.68. The second-order valence-electron chi connectivity index (χ2n) is 5.11. The summed E-state index contributed by atoms with van der Waals surface area (Å²) in [5, 5.41) is 30.5. The number of carboxylic acids is 3. The van der Waals surface area contributed by atoms with E-state index >= 15 is 0 Å². The Hall–Kier alpha value is -2.69. The highest BCUT2D eigenvalue weighted by molar-refractivity contribution is 5.86. The van der Waals surface area contributed by atoms with Gasteiger partial charge in [-0.3, -0.25) is 19.2 Å². The number of hydrogen-bond acceptors (Lipinski definition) is 6. The van der Waals surface area contributed by atoms with Crippen LogP contribution in [0.4, 0.5) is 0 Å². The van der Waals surface area contributed by atoms with Crippen LogP contribution in [0.2, 0.25) is 0 Å². The lowest BCUT2D eigenvalue weighted by Gasteiger charge is -2.15. The van der Waals surface area contributed by atoms with Crippen molar-refractivity contribution in [2.24, 2.45) is 5.73 Å². The minimum Gasteiger partial charge on any atom is -0.480 e. The first-order valence-electron chi connectivity index (χ1n) is 7.07. The largest absolute Gasteiger partial charge is 0.480 e. The molecule has 2 amide bonds. The van der Waals surface area contributed by atoms with Crippen LogP contribution in [0.3, 0.4) is 0 Å². The van der Waals surface area contributed by atoms with Crippen molar-refractivity contribution in [3.05, 3.63) is 0 Å². The van der Waals surface area contributed by atoms with Gasteiger partial charge in [0.05, 0.1) is 0 Å². The summed E-state index contributed by atoms with van der Waals surface area (Å²) in [6.45, 7) is 1.25. The van der Waals surface area contributed by atoms with Gasteiger partial charge in [-0.25, -0.2) is 4.79 Å². The number of carbonyl (C=O) groups excluding carboxylic acids is 2. The lowest BCUT2D eigenvalue weighted by molar-refractivity contribution is -0.143. The van der Waals surface area contributed by atoms with Crippen molar-refractivity contribution in [2.45, 2.75) is 50.7 Å². The van der Waals surface area contributed by atoms with Crippen LogP contribution in [0.1, 0.15) is 32.6 Å². The van der Waals surface area contributed by atoms with Gasteiger partial charge in [0.1, 0.15) is 18.1 Å². The minimum absolute atomic E-state index is 0.163. The predicted molar refractivity (Wildman–Crippen MR) is 78.9 cm³/mol. The molecule has 11 nitrogen and oxygen atoms in total. The molecule has 0 aromatic heterocycles. The molecule has 0 aromatic rings. The van der Waals surface area contributed by atoms with Crippen LogP contribution >= 0.6 is 0 Å². The van der Waals surface area contributed by atoms with E-state index in [4.69, 9.17) is 21.1 Å². The fraction of sp³-hybridized carbons (Fsp3) is 0.615. The van der Waals surface area contributed by atoms with Crippen molar-refractivity contribution < 1.29 is 39.3 Å². The van der Waals surface area contributed by atoms with Crippen molar-refractivity contribution in [1.29, 1.82) is 0 Å². The van der Waals surface area contributed by atoms with E-state index in [9.17, 15) is 24.0 Å². The number of rotatable bonds is 11. The fourth-order valence-corrected chi connectivity index (χ4v) is 1.58. The molecule has 0 spiro atoms. The van der Waals surface area contributed by atoms with Crippen LogP contribution in [0.15, 0.2) is 0 Å². The molecule has 0 radical (unpaired) electrons. The summed E-state index contributed by atoms with van der Waals surface area (Å²) in [4.78, 5) is 55.3. The first-order chi connectivity index (χ1) is 11.0. The van der Waals surface area contributed by atoms with Gasteiger partial charge in [-0.15, -0.1) is 0 Å². The number of amides is 2. The molecule has 0 rings (SSSR count). The third-order valence-electron chi connectivity index (χ3n) is 3.04. The summed E-state index contributed by atoms with van der Waals surface area (Å²) >= 11 is 0. The first-order valence-corrected chi connectivity index (χ1v) is 7.07. The zero-order valence-electron chi connectivity index (χ0n) is 13.0. The zero-order valence-corrected chi connectivity index (χ0v) is 13.0. The Bertz CT molecular complexity index is 507. The van der Waals surface area contributed by atoms with Crippen molar-refractivity contribution in [3.63, 3.8) is 0 Å². The number of nitrogens with two attached hydrogens (primary N) is 1. The Balaban J connectivity index is 4.38. The van der Waals surface area contributed by atoms with Gasteiger partial charge in [-0.2, -0.15) is 0 Å². The molecule has 0 aliphatic rings. The Morgan fingerprint density at radius 1 is 0.833 bits per heavy atom. The smallest absolute Gasteiger partial charge is 0.326 e. The highest BCUT2D eigenvalue weighted by Crippen LogP contribution is 2.02. The van der Waals surface area contributed by atoms with E-state index in [1.165, 1.54) is 6.92 Å². The van der Waals surface area contributed by atoms with Crippen LogP contribution in [-0.2, 0) is 24.0 Å². The number of carboxylic acid groups (broad SMARTS) is 3. The average Bonchev–Trinajstić information content (AvgIpc) is 2.48. The quantitative estimate of drug-likeness (QED) is 0.248. The van der Waals surface area contributed by atoms with E-state index in [0.29, 0.717) is 0 Å². The maximum absolute atomic E-state index is 11.6. The predicted octanol–water partition coefficient (Wildman–Crippen LogP) is -1.88. The minimum atomic E-state index is -1.37. The van der Waals surface area contributed by atoms with Crippen LogP contribution in [0.25, 0.3) is 0 Å². The molecule has 3 atom stereocenters. The second kappa shape index (κ2) is 10.2. The van der Waals surface area contributed by atoms with E-state index in [-0.39, 0.29) is 25.7 Å². The molecule has 0 heterocycles. The highest BCUT2D eigenvalue weighted by Gasteiger charge is 2.23. The normalized spacial score (nSPS) is 14.1. The summed E-state index contributed by atoms with van der Waals surface area (Å²) < 4.78 is 0. The SMILES string of the molecule is C[C@H](NC(=O)CC[C@H](NC(=O)CC[C@H](N)C(=O)O)C(=O)O)C(=O)O. The molecular weight excluding hydrogens is 326 g/mol. The summed E-state index contributed by atoms with van der Waals surface area (Å²) in [5.41, 5.74) is 5.23. The van der Waals surface area contributed by atoms with Crippen molar-refractivity contribution in [1.82, 2.24) is 10.6 Å². The van der Waals surface area contributed by atoms with Gasteiger partial charge in [0, 0.05) is 12.8 Å². The van der Waals surface area contributed by atoms with Gasteiger partial charge in [0.2, 0.25) is 11.8 Å². The number of hydrogen-bond donors (Lipinski definition) is 6. The lowest BCUT2D eigenvalue weighted by atomic mass is 10.1. The molecular formula is C13H21N3O8. The maximum atomic E-state index is 11.6. The van der Waals surface area contributed by atoms with Crippen LogP contribution < -0.4 is 16.4 Å². The van der Waals surface area contributed by atoms with E-state index < -0.39 is 47.8 Å². The molecule has 24 heavy (non-hydrogen) atoms. The molecule has 11 heteroatoms. The third-order valence-corrected chi connectivity index (χ3v) is 3.04. The van der Waals surface area contributed by atoms with E-state index in [2.05, 4.69) is 10.6 Å². The molecule has 0 aliphatic carbocycles.